The second-order valence-electron chi connectivity index (χ2n) is 4.18. The Bertz CT molecular complexity index is 656. The quantitative estimate of drug-likeness (QED) is 0.869. The van der Waals surface area contributed by atoms with Crippen LogP contribution in [0, 0.1) is 0 Å². The summed E-state index contributed by atoms with van der Waals surface area (Å²) < 4.78 is 11.1. The molecule has 0 atom stereocenters. The van der Waals surface area contributed by atoms with Gasteiger partial charge in [0.15, 0.2) is 0 Å². The number of hydrogen-bond donors (Lipinski definition) is 1. The summed E-state index contributed by atoms with van der Waals surface area (Å²) in [6, 6.07) is 10.2. The molecule has 2 aromatic rings. The van der Waals surface area contributed by atoms with Crippen LogP contribution < -0.4 is 14.8 Å². The van der Waals surface area contributed by atoms with Crippen molar-refractivity contribution in [2.24, 2.45) is 0 Å². The second kappa shape index (κ2) is 6.83. The molecule has 21 heavy (non-hydrogen) atoms. The molecule has 0 aromatic heterocycles. The zero-order valence-electron chi connectivity index (χ0n) is 11.4. The van der Waals surface area contributed by atoms with Crippen LogP contribution in [0.4, 0.5) is 5.69 Å². The van der Waals surface area contributed by atoms with Gasteiger partial charge < -0.3 is 14.8 Å². The monoisotopic (exact) mass is 369 g/mol. The van der Waals surface area contributed by atoms with Gasteiger partial charge in [-0.05, 0) is 30.3 Å². The van der Waals surface area contributed by atoms with Gasteiger partial charge in [0, 0.05) is 21.1 Å². The molecular weight excluding hydrogens is 358 g/mol. The molecule has 0 bridgehead atoms. The Morgan fingerprint density at radius 3 is 2.52 bits per heavy atom. The highest BCUT2D eigenvalue weighted by Crippen LogP contribution is 2.29. The molecule has 1 amide bonds. The second-order valence-corrected chi connectivity index (χ2v) is 5.53. The molecule has 2 aromatic carbocycles. The van der Waals surface area contributed by atoms with Gasteiger partial charge in [0.1, 0.15) is 11.5 Å². The average Bonchev–Trinajstić information content (AvgIpc) is 2.46. The average molecular weight is 371 g/mol. The van der Waals surface area contributed by atoms with Crippen molar-refractivity contribution in [3.8, 4) is 11.5 Å². The summed E-state index contributed by atoms with van der Waals surface area (Å²) in [5.74, 6) is 0.890. The summed E-state index contributed by atoms with van der Waals surface area (Å²) in [5, 5.41) is 3.27. The number of anilines is 1. The number of carbonyl (C=O) groups excluding carboxylic acids is 1. The maximum absolute atomic E-state index is 12.3. The first-order chi connectivity index (χ1) is 10.0. The van der Waals surface area contributed by atoms with E-state index in [1.165, 1.54) is 7.11 Å². The van der Waals surface area contributed by atoms with Crippen molar-refractivity contribution in [1.29, 1.82) is 0 Å². The lowest BCUT2D eigenvalue weighted by Gasteiger charge is -2.12. The summed E-state index contributed by atoms with van der Waals surface area (Å²) >= 11 is 9.25. The minimum atomic E-state index is -0.276. The lowest BCUT2D eigenvalue weighted by molar-refractivity contribution is 0.102. The first-order valence-corrected chi connectivity index (χ1v) is 7.20. The van der Waals surface area contributed by atoms with Crippen LogP contribution in [-0.2, 0) is 0 Å². The lowest BCUT2D eigenvalue weighted by Crippen LogP contribution is -2.12. The van der Waals surface area contributed by atoms with Crippen molar-refractivity contribution in [2.75, 3.05) is 19.5 Å². The molecule has 2 rings (SSSR count). The molecule has 0 heterocycles. The molecular formula is C15H13BrClNO3. The largest absolute Gasteiger partial charge is 0.497 e. The first kappa shape index (κ1) is 15.7. The number of halogens is 2. The summed E-state index contributed by atoms with van der Waals surface area (Å²) in [6.45, 7) is 0. The first-order valence-electron chi connectivity index (χ1n) is 6.03. The van der Waals surface area contributed by atoms with Crippen LogP contribution in [0.1, 0.15) is 10.4 Å². The number of benzene rings is 2. The van der Waals surface area contributed by atoms with E-state index in [1.54, 1.807) is 43.5 Å². The van der Waals surface area contributed by atoms with E-state index in [4.69, 9.17) is 21.1 Å². The predicted molar refractivity (Wildman–Crippen MR) is 86.7 cm³/mol. The Hall–Kier alpha value is -1.72. The molecule has 0 aliphatic heterocycles. The molecule has 0 saturated carbocycles. The molecule has 4 nitrogen and oxygen atoms in total. The minimum Gasteiger partial charge on any atom is -0.497 e. The molecule has 1 N–H and O–H groups in total. The molecule has 0 unspecified atom stereocenters. The fourth-order valence-corrected chi connectivity index (χ4v) is 2.64. The maximum Gasteiger partial charge on any atom is 0.255 e. The third kappa shape index (κ3) is 3.89. The van der Waals surface area contributed by atoms with Gasteiger partial charge in [0.05, 0.1) is 19.9 Å². The van der Waals surface area contributed by atoms with Crippen molar-refractivity contribution >= 4 is 39.1 Å². The third-order valence-corrected chi connectivity index (χ3v) is 3.46. The van der Waals surface area contributed by atoms with E-state index in [0.717, 1.165) is 4.47 Å². The van der Waals surface area contributed by atoms with Crippen LogP contribution in [0.25, 0.3) is 0 Å². The molecule has 110 valence electrons. The highest BCUT2D eigenvalue weighted by Gasteiger charge is 2.12. The van der Waals surface area contributed by atoms with E-state index in [1.807, 2.05) is 0 Å². The van der Waals surface area contributed by atoms with Gasteiger partial charge in [-0.15, -0.1) is 0 Å². The number of rotatable bonds is 4. The fourth-order valence-electron chi connectivity index (χ4n) is 1.78. The Balaban J connectivity index is 2.26. The molecule has 0 spiro atoms. The smallest absolute Gasteiger partial charge is 0.255 e. The topological polar surface area (TPSA) is 47.6 Å². The van der Waals surface area contributed by atoms with Gasteiger partial charge in [-0.1, -0.05) is 27.5 Å². The van der Waals surface area contributed by atoms with Crippen LogP contribution in [-0.4, -0.2) is 20.1 Å². The number of hydrogen-bond acceptors (Lipinski definition) is 3. The van der Waals surface area contributed by atoms with Gasteiger partial charge in [-0.3, -0.25) is 4.79 Å². The Labute approximate surface area is 136 Å². The van der Waals surface area contributed by atoms with E-state index >= 15 is 0 Å². The molecule has 0 aliphatic carbocycles. The van der Waals surface area contributed by atoms with Gasteiger partial charge in [-0.2, -0.15) is 0 Å². The van der Waals surface area contributed by atoms with E-state index < -0.39 is 0 Å². The number of amides is 1. The summed E-state index contributed by atoms with van der Waals surface area (Å²) in [5.41, 5.74) is 1.01. The van der Waals surface area contributed by atoms with Crippen molar-refractivity contribution in [1.82, 2.24) is 0 Å². The van der Waals surface area contributed by atoms with Gasteiger partial charge in [0.2, 0.25) is 0 Å². The fraction of sp³-hybridized carbons (Fsp3) is 0.133. The molecule has 0 saturated heterocycles. The van der Waals surface area contributed by atoms with Crippen molar-refractivity contribution in [3.05, 3.63) is 51.5 Å². The van der Waals surface area contributed by atoms with Crippen LogP contribution in [0.5, 0.6) is 11.5 Å². The van der Waals surface area contributed by atoms with Gasteiger partial charge in [0.25, 0.3) is 5.91 Å². The summed E-state index contributed by atoms with van der Waals surface area (Å²) in [7, 11) is 3.09. The number of methoxy groups -OCH3 is 2. The van der Waals surface area contributed by atoms with Crippen molar-refractivity contribution < 1.29 is 14.3 Å². The normalized spacial score (nSPS) is 10.1. The zero-order chi connectivity index (χ0) is 15.4. The van der Waals surface area contributed by atoms with Crippen LogP contribution in [0.15, 0.2) is 40.9 Å². The minimum absolute atomic E-state index is 0.276. The maximum atomic E-state index is 12.3. The molecule has 0 aliphatic rings. The standard InChI is InChI=1S/C15H13BrClNO3/c1-20-12-3-4-13(14(8-12)21-2)18-15(19)9-5-10(16)7-11(17)6-9/h3-8H,1-2H3,(H,18,19). The SMILES string of the molecule is COc1ccc(NC(=O)c2cc(Cl)cc(Br)c2)c(OC)c1. The van der Waals surface area contributed by atoms with E-state index in [2.05, 4.69) is 21.2 Å². The van der Waals surface area contributed by atoms with Crippen LogP contribution in [0.2, 0.25) is 5.02 Å². The lowest BCUT2D eigenvalue weighted by atomic mass is 10.2. The Kier molecular flexibility index (Phi) is 5.09. The summed E-state index contributed by atoms with van der Waals surface area (Å²) in [4.78, 5) is 12.3. The molecule has 0 fully saturated rings. The number of carbonyl (C=O) groups is 1. The van der Waals surface area contributed by atoms with Crippen molar-refractivity contribution in [3.63, 3.8) is 0 Å². The molecule has 0 radical (unpaired) electrons. The highest BCUT2D eigenvalue weighted by atomic mass is 79.9. The summed E-state index contributed by atoms with van der Waals surface area (Å²) in [6.07, 6.45) is 0. The zero-order valence-corrected chi connectivity index (χ0v) is 13.8. The van der Waals surface area contributed by atoms with E-state index in [-0.39, 0.29) is 5.91 Å². The van der Waals surface area contributed by atoms with Crippen LogP contribution in [0.3, 0.4) is 0 Å². The number of nitrogens with one attached hydrogen (secondary N) is 1. The van der Waals surface area contributed by atoms with Crippen molar-refractivity contribution in [2.45, 2.75) is 0 Å². The predicted octanol–water partition coefficient (Wildman–Crippen LogP) is 4.37. The van der Waals surface area contributed by atoms with E-state index in [0.29, 0.717) is 27.8 Å². The number of ether oxygens (including phenoxy) is 2. The Morgan fingerprint density at radius 1 is 1.14 bits per heavy atom. The van der Waals surface area contributed by atoms with Crippen LogP contribution >= 0.6 is 27.5 Å². The van der Waals surface area contributed by atoms with E-state index in [9.17, 15) is 4.79 Å². The molecule has 6 heteroatoms. The van der Waals surface area contributed by atoms with Gasteiger partial charge >= 0.3 is 0 Å². The third-order valence-electron chi connectivity index (χ3n) is 2.78. The highest BCUT2D eigenvalue weighted by molar-refractivity contribution is 9.10. The Morgan fingerprint density at radius 2 is 1.90 bits per heavy atom. The van der Waals surface area contributed by atoms with Gasteiger partial charge in [-0.25, -0.2) is 0 Å².